The Morgan fingerprint density at radius 3 is 2.37 bits per heavy atom. The van der Waals surface area contributed by atoms with E-state index in [0.717, 1.165) is 5.56 Å². The fraction of sp³-hybridized carbons (Fsp3) is 0.435. The molecule has 0 aromatic heterocycles. The number of rotatable bonds is 5. The molecular weight excluding hydrogens is 384 g/mol. The van der Waals surface area contributed by atoms with Gasteiger partial charge in [0.15, 0.2) is 5.60 Å². The molecule has 2 aliphatic heterocycles. The number of allylic oxidation sites excluding steroid dienone is 1. The Balaban J connectivity index is 1.55. The Hall–Kier alpha value is -3.09. The molecule has 0 radical (unpaired) electrons. The normalized spacial score (nSPS) is 21.7. The maximum Gasteiger partial charge on any atom is 0.337 e. The van der Waals surface area contributed by atoms with E-state index in [9.17, 15) is 14.4 Å². The van der Waals surface area contributed by atoms with Gasteiger partial charge in [-0.3, -0.25) is 9.59 Å². The molecule has 160 valence electrons. The minimum atomic E-state index is -1.12. The lowest BCUT2D eigenvalue weighted by Crippen LogP contribution is -2.55. The molecule has 7 nitrogen and oxygen atoms in total. The number of hydrogen-bond acceptors (Lipinski definition) is 5. The van der Waals surface area contributed by atoms with E-state index in [1.165, 1.54) is 0 Å². The molecule has 0 spiro atoms. The van der Waals surface area contributed by atoms with Gasteiger partial charge in [-0.15, -0.1) is 0 Å². The van der Waals surface area contributed by atoms with Crippen molar-refractivity contribution < 1.29 is 23.9 Å². The van der Waals surface area contributed by atoms with Gasteiger partial charge in [-0.05, 0) is 32.4 Å². The molecule has 0 aliphatic carbocycles. The number of nitrogens with zero attached hydrogens (tertiary/aromatic N) is 2. The minimum Gasteiger partial charge on any atom is -0.481 e. The zero-order chi connectivity index (χ0) is 21.7. The van der Waals surface area contributed by atoms with Crippen LogP contribution in [0.5, 0.6) is 0 Å². The fourth-order valence-electron chi connectivity index (χ4n) is 3.75. The second kappa shape index (κ2) is 9.15. The third-order valence-electron chi connectivity index (χ3n) is 5.39. The van der Waals surface area contributed by atoms with Gasteiger partial charge < -0.3 is 19.3 Å². The highest BCUT2D eigenvalue weighted by Crippen LogP contribution is 2.36. The molecule has 0 N–H and O–H groups in total. The summed E-state index contributed by atoms with van der Waals surface area (Å²) in [6.45, 7) is 7.16. The predicted molar refractivity (Wildman–Crippen MR) is 112 cm³/mol. The second-order valence-corrected chi connectivity index (χ2v) is 7.63. The molecule has 1 aromatic rings. The van der Waals surface area contributed by atoms with Crippen LogP contribution in [0.4, 0.5) is 0 Å². The van der Waals surface area contributed by atoms with Crippen molar-refractivity contribution in [3.8, 4) is 0 Å². The number of esters is 1. The summed E-state index contributed by atoms with van der Waals surface area (Å²) < 4.78 is 10.9. The Bertz CT molecular complexity index is 869. The Kier molecular flexibility index (Phi) is 6.59. The molecular formula is C23H28N2O5. The highest BCUT2D eigenvalue weighted by Gasteiger charge is 2.47. The average Bonchev–Trinajstić information content (AvgIpc) is 3.08. The van der Waals surface area contributed by atoms with E-state index in [1.54, 1.807) is 42.7 Å². The van der Waals surface area contributed by atoms with Crippen molar-refractivity contribution in [2.75, 3.05) is 32.8 Å². The van der Waals surface area contributed by atoms with E-state index in [2.05, 4.69) is 0 Å². The van der Waals surface area contributed by atoms with E-state index >= 15 is 0 Å². The number of carbonyl (C=O) groups is 3. The van der Waals surface area contributed by atoms with Crippen molar-refractivity contribution in [2.24, 2.45) is 0 Å². The second-order valence-electron chi connectivity index (χ2n) is 7.63. The molecule has 30 heavy (non-hydrogen) atoms. The van der Waals surface area contributed by atoms with Gasteiger partial charge in [0.1, 0.15) is 5.76 Å². The van der Waals surface area contributed by atoms with Gasteiger partial charge in [-0.25, -0.2) is 4.79 Å². The monoisotopic (exact) mass is 412 g/mol. The molecule has 1 aromatic carbocycles. The highest BCUT2D eigenvalue weighted by atomic mass is 16.5. The van der Waals surface area contributed by atoms with E-state index in [0.29, 0.717) is 37.5 Å². The molecule has 1 fully saturated rings. The van der Waals surface area contributed by atoms with Crippen molar-refractivity contribution in [2.45, 2.75) is 32.8 Å². The Labute approximate surface area is 176 Å². The van der Waals surface area contributed by atoms with Crippen LogP contribution in [0.2, 0.25) is 0 Å². The number of piperazine rings is 1. The van der Waals surface area contributed by atoms with Crippen molar-refractivity contribution in [3.05, 3.63) is 53.3 Å². The van der Waals surface area contributed by atoms with Gasteiger partial charge in [0.2, 0.25) is 5.91 Å². The standard InChI is InChI=1S/C23H28N2O5/c1-4-29-21(27)19-16-23(3,30-17(19)2)22(28)25-14-12-24(13-15-25)20(26)11-10-18-8-6-5-7-9-18/h5-11H,4,12-16H2,1-3H3. The number of carbonyl (C=O) groups excluding carboxylic acids is 3. The topological polar surface area (TPSA) is 76.2 Å². The number of amides is 2. The molecule has 2 aliphatic rings. The largest absolute Gasteiger partial charge is 0.481 e. The van der Waals surface area contributed by atoms with Crippen LogP contribution in [0, 0.1) is 0 Å². The first-order chi connectivity index (χ1) is 14.3. The molecule has 1 unspecified atom stereocenters. The minimum absolute atomic E-state index is 0.0728. The maximum atomic E-state index is 13.1. The zero-order valence-electron chi connectivity index (χ0n) is 17.7. The first kappa shape index (κ1) is 21.6. The van der Waals surface area contributed by atoms with Crippen LogP contribution in [-0.4, -0.2) is 66.0 Å². The number of ether oxygens (including phenoxy) is 2. The van der Waals surface area contributed by atoms with E-state index in [1.807, 2.05) is 30.3 Å². The zero-order valence-corrected chi connectivity index (χ0v) is 17.7. The van der Waals surface area contributed by atoms with Gasteiger partial charge >= 0.3 is 5.97 Å². The van der Waals surface area contributed by atoms with E-state index in [4.69, 9.17) is 9.47 Å². The number of hydrogen-bond donors (Lipinski definition) is 0. The van der Waals surface area contributed by atoms with Crippen LogP contribution < -0.4 is 0 Å². The highest BCUT2D eigenvalue weighted by molar-refractivity contribution is 5.94. The smallest absolute Gasteiger partial charge is 0.337 e. The van der Waals surface area contributed by atoms with E-state index < -0.39 is 11.6 Å². The maximum absolute atomic E-state index is 13.1. The molecule has 0 bridgehead atoms. The third kappa shape index (κ3) is 4.72. The summed E-state index contributed by atoms with van der Waals surface area (Å²) in [4.78, 5) is 41.0. The fourth-order valence-corrected chi connectivity index (χ4v) is 3.75. The summed E-state index contributed by atoms with van der Waals surface area (Å²) in [5.74, 6) is -0.249. The van der Waals surface area contributed by atoms with Crippen molar-refractivity contribution in [3.63, 3.8) is 0 Å². The van der Waals surface area contributed by atoms with Gasteiger partial charge in [0.05, 0.1) is 12.2 Å². The summed E-state index contributed by atoms with van der Waals surface area (Å²) in [7, 11) is 0. The summed E-state index contributed by atoms with van der Waals surface area (Å²) in [6.07, 6.45) is 3.54. The summed E-state index contributed by atoms with van der Waals surface area (Å²) in [6, 6.07) is 9.64. The Morgan fingerprint density at radius 1 is 1.10 bits per heavy atom. The first-order valence-corrected chi connectivity index (χ1v) is 10.2. The first-order valence-electron chi connectivity index (χ1n) is 10.2. The molecule has 2 amide bonds. The van der Waals surface area contributed by atoms with Crippen LogP contribution in [0.25, 0.3) is 6.08 Å². The summed E-state index contributed by atoms with van der Waals surface area (Å²) in [5.41, 5.74) is 0.254. The van der Waals surface area contributed by atoms with Gasteiger partial charge in [0.25, 0.3) is 5.91 Å². The number of benzene rings is 1. The SMILES string of the molecule is CCOC(=O)C1=C(C)OC(C)(C(=O)N2CCN(C(=O)C=Cc3ccccc3)CC2)C1. The van der Waals surface area contributed by atoms with Crippen molar-refractivity contribution in [1.82, 2.24) is 9.80 Å². The molecule has 0 saturated carbocycles. The van der Waals surface area contributed by atoms with Crippen LogP contribution in [-0.2, 0) is 23.9 Å². The third-order valence-corrected chi connectivity index (χ3v) is 5.39. The molecule has 7 heteroatoms. The van der Waals surface area contributed by atoms with Crippen LogP contribution in [0.3, 0.4) is 0 Å². The molecule has 2 heterocycles. The van der Waals surface area contributed by atoms with Gasteiger partial charge in [-0.1, -0.05) is 30.3 Å². The quantitative estimate of drug-likeness (QED) is 0.548. The lowest BCUT2D eigenvalue weighted by molar-refractivity contribution is -0.152. The average molecular weight is 412 g/mol. The molecule has 3 rings (SSSR count). The Morgan fingerprint density at radius 2 is 1.73 bits per heavy atom. The summed E-state index contributed by atoms with van der Waals surface area (Å²) in [5, 5.41) is 0. The lowest BCUT2D eigenvalue weighted by Gasteiger charge is -2.38. The predicted octanol–water partition coefficient (Wildman–Crippen LogP) is 2.39. The van der Waals surface area contributed by atoms with Crippen LogP contribution in [0.1, 0.15) is 32.8 Å². The van der Waals surface area contributed by atoms with Crippen LogP contribution in [0.15, 0.2) is 47.7 Å². The van der Waals surface area contributed by atoms with Gasteiger partial charge in [0, 0.05) is 38.7 Å². The summed E-state index contributed by atoms with van der Waals surface area (Å²) >= 11 is 0. The molecule has 1 atom stereocenters. The van der Waals surface area contributed by atoms with E-state index in [-0.39, 0.29) is 24.8 Å². The van der Waals surface area contributed by atoms with Crippen molar-refractivity contribution in [1.29, 1.82) is 0 Å². The van der Waals surface area contributed by atoms with Crippen LogP contribution >= 0.6 is 0 Å². The molecule has 1 saturated heterocycles. The lowest BCUT2D eigenvalue weighted by atomic mass is 9.96. The van der Waals surface area contributed by atoms with Gasteiger partial charge in [-0.2, -0.15) is 0 Å². The van der Waals surface area contributed by atoms with Crippen molar-refractivity contribution >= 4 is 23.9 Å².